The van der Waals surface area contributed by atoms with E-state index in [-0.39, 0.29) is 12.4 Å². The Morgan fingerprint density at radius 2 is 2.15 bits per heavy atom. The summed E-state index contributed by atoms with van der Waals surface area (Å²) in [4.78, 5) is 0. The summed E-state index contributed by atoms with van der Waals surface area (Å²) in [7, 11) is 3.80. The molecule has 5 heteroatoms. The van der Waals surface area contributed by atoms with Crippen molar-refractivity contribution in [2.24, 2.45) is 5.16 Å². The van der Waals surface area contributed by atoms with Gasteiger partial charge >= 0.3 is 0 Å². The van der Waals surface area contributed by atoms with Crippen molar-refractivity contribution in [1.82, 2.24) is 5.32 Å². The van der Waals surface area contributed by atoms with Crippen LogP contribution in [0, 0.1) is 0 Å². The Labute approximate surface area is 85.7 Å². The number of hydrogen-bond acceptors (Lipinski definition) is 2. The maximum absolute atomic E-state index is 8.32. The highest BCUT2D eigenvalue weighted by Gasteiger charge is 2.02. The number of rotatable bonds is 4. The van der Waals surface area contributed by atoms with Gasteiger partial charge in [-0.15, -0.1) is 0 Å². The molecule has 0 amide bonds. The molecule has 0 aliphatic carbocycles. The second-order valence-corrected chi connectivity index (χ2v) is 2.80. The van der Waals surface area contributed by atoms with Gasteiger partial charge in [0, 0.05) is 0 Å². The van der Waals surface area contributed by atoms with Gasteiger partial charge in [0.2, 0.25) is 0 Å². The highest BCUT2D eigenvalue weighted by Crippen LogP contribution is 1.82. The van der Waals surface area contributed by atoms with Gasteiger partial charge in [-0.3, -0.25) is 9.89 Å². The summed E-state index contributed by atoms with van der Waals surface area (Å²) in [6, 6.07) is 0. The maximum Gasteiger partial charge on any atom is 0.291 e. The number of amidine groups is 1. The molecule has 2 N–H and O–H groups in total. The van der Waals surface area contributed by atoms with E-state index < -0.39 is 0 Å². The molecule has 0 heterocycles. The summed E-state index contributed by atoms with van der Waals surface area (Å²) in [5.41, 5.74) is 0. The van der Waals surface area contributed by atoms with E-state index in [0.717, 1.165) is 25.2 Å². The van der Waals surface area contributed by atoms with Gasteiger partial charge in [-0.05, 0) is 6.42 Å². The molecule has 0 aromatic rings. The van der Waals surface area contributed by atoms with Crippen LogP contribution in [0.25, 0.3) is 0 Å². The third-order valence-electron chi connectivity index (χ3n) is 1.50. The zero-order chi connectivity index (χ0) is 9.40. The Kier molecular flexibility index (Phi) is 10.6. The Morgan fingerprint density at radius 3 is 2.54 bits per heavy atom. The van der Waals surface area contributed by atoms with Crippen LogP contribution in [-0.2, 0) is 0 Å². The van der Waals surface area contributed by atoms with Gasteiger partial charge in [0.05, 0.1) is 20.6 Å². The molecular weight excluding hydrogens is 190 g/mol. The molecule has 0 aliphatic heterocycles. The average molecular weight is 208 g/mol. The van der Waals surface area contributed by atoms with Crippen LogP contribution >= 0.6 is 0 Å². The van der Waals surface area contributed by atoms with Gasteiger partial charge in [0.1, 0.15) is 0 Å². The summed E-state index contributed by atoms with van der Waals surface area (Å²) in [5.74, 6) is 0.825. The average Bonchev–Trinajstić information content (AvgIpc) is 2.03. The van der Waals surface area contributed by atoms with E-state index in [1.165, 1.54) is 6.21 Å². The summed E-state index contributed by atoms with van der Waals surface area (Å²) < 4.78 is 1.87. The van der Waals surface area contributed by atoms with Crippen LogP contribution in [0.5, 0.6) is 0 Å². The Balaban J connectivity index is 0. The van der Waals surface area contributed by atoms with Crippen molar-refractivity contribution in [2.75, 3.05) is 20.6 Å². The van der Waals surface area contributed by atoms with E-state index in [2.05, 4.69) is 17.4 Å². The van der Waals surface area contributed by atoms with Crippen molar-refractivity contribution in [1.29, 1.82) is 0 Å². The monoisotopic (exact) mass is 207 g/mol. The summed E-state index contributed by atoms with van der Waals surface area (Å²) in [5, 5.41) is 14.4. The molecule has 4 nitrogen and oxygen atoms in total. The third-order valence-corrected chi connectivity index (χ3v) is 1.50. The first kappa shape index (κ1) is 14.7. The normalized spacial score (nSPS) is 9.46. The summed E-state index contributed by atoms with van der Waals surface area (Å²) >= 11 is 0. The largest absolute Gasteiger partial charge is 1.00 e. The van der Waals surface area contributed by atoms with Crippen molar-refractivity contribution in [3.8, 4) is 0 Å². The molecule has 0 unspecified atom stereocenters. The van der Waals surface area contributed by atoms with Crippen LogP contribution in [0.15, 0.2) is 5.16 Å². The minimum Gasteiger partial charge on any atom is -1.00 e. The first-order valence-electron chi connectivity index (χ1n) is 4.18. The fourth-order valence-electron chi connectivity index (χ4n) is 0.767. The van der Waals surface area contributed by atoms with Gasteiger partial charge < -0.3 is 17.6 Å². The zero-order valence-electron chi connectivity index (χ0n) is 8.42. The molecule has 0 aromatic heterocycles. The van der Waals surface area contributed by atoms with Crippen LogP contribution in [0.1, 0.15) is 19.8 Å². The Bertz CT molecular complexity index is 176. The van der Waals surface area contributed by atoms with Gasteiger partial charge in [-0.2, -0.15) is 0 Å². The van der Waals surface area contributed by atoms with Gasteiger partial charge in [0.25, 0.3) is 5.84 Å². The molecule has 0 saturated heterocycles. The van der Waals surface area contributed by atoms with E-state index in [0.29, 0.717) is 0 Å². The van der Waals surface area contributed by atoms with Crippen molar-refractivity contribution >= 4 is 12.1 Å². The molecular formula is C8H18ClN3O. The van der Waals surface area contributed by atoms with Gasteiger partial charge in [-0.1, -0.05) is 18.5 Å². The second kappa shape index (κ2) is 9.32. The number of nitrogens with one attached hydrogen (secondary N) is 1. The fourth-order valence-corrected chi connectivity index (χ4v) is 0.767. The van der Waals surface area contributed by atoms with Crippen LogP contribution in [0.3, 0.4) is 0 Å². The molecule has 0 saturated carbocycles. The maximum atomic E-state index is 8.32. The Hall–Kier alpha value is -0.770. The Morgan fingerprint density at radius 1 is 1.54 bits per heavy atom. The highest BCUT2D eigenvalue weighted by atomic mass is 35.5. The lowest BCUT2D eigenvalue weighted by atomic mass is 10.3. The number of halogens is 1. The molecule has 78 valence electrons. The highest BCUT2D eigenvalue weighted by molar-refractivity contribution is 6.26. The molecule has 0 radical (unpaired) electrons. The molecule has 0 aliphatic rings. The van der Waals surface area contributed by atoms with Gasteiger partial charge in [-0.25, -0.2) is 0 Å². The SMILES string of the molecule is CCCCNC(/C=N/O)=[N+](C)C.[Cl-]. The van der Waals surface area contributed by atoms with Crippen molar-refractivity contribution in [3.05, 3.63) is 0 Å². The van der Waals surface area contributed by atoms with Crippen LogP contribution in [-0.4, -0.2) is 42.5 Å². The van der Waals surface area contributed by atoms with Crippen molar-refractivity contribution in [3.63, 3.8) is 0 Å². The molecule has 0 aromatic carbocycles. The first-order valence-corrected chi connectivity index (χ1v) is 4.18. The molecule has 0 fully saturated rings. The standard InChI is InChI=1S/C8H17N3O.ClH/c1-4-5-6-9-8(7-10-12)11(2)3;/h7H,4-6H2,1-3H3,(H,9,12);1H. The summed E-state index contributed by atoms with van der Waals surface area (Å²) in [6.07, 6.45) is 3.68. The fraction of sp³-hybridized carbons (Fsp3) is 0.750. The van der Waals surface area contributed by atoms with Crippen LogP contribution < -0.4 is 17.7 Å². The number of oxime groups is 1. The van der Waals surface area contributed by atoms with Crippen LogP contribution in [0.4, 0.5) is 0 Å². The number of unbranched alkanes of at least 4 members (excludes halogenated alkanes) is 1. The first-order chi connectivity index (χ1) is 5.72. The minimum atomic E-state index is 0. The predicted octanol–water partition coefficient (Wildman–Crippen LogP) is -2.49. The molecule has 0 bridgehead atoms. The lowest BCUT2D eigenvalue weighted by molar-refractivity contribution is -0.464. The van der Waals surface area contributed by atoms with Gasteiger partial charge in [0.15, 0.2) is 6.21 Å². The van der Waals surface area contributed by atoms with E-state index in [4.69, 9.17) is 5.21 Å². The topological polar surface area (TPSA) is 47.6 Å². The predicted molar refractivity (Wildman–Crippen MR) is 50.3 cm³/mol. The van der Waals surface area contributed by atoms with Crippen molar-refractivity contribution in [2.45, 2.75) is 19.8 Å². The second-order valence-electron chi connectivity index (χ2n) is 2.80. The van der Waals surface area contributed by atoms with E-state index in [9.17, 15) is 0 Å². The van der Waals surface area contributed by atoms with E-state index >= 15 is 0 Å². The molecule has 0 rings (SSSR count). The quantitative estimate of drug-likeness (QED) is 0.134. The van der Waals surface area contributed by atoms with E-state index in [1.54, 1.807) is 0 Å². The molecule has 13 heavy (non-hydrogen) atoms. The number of nitrogens with zero attached hydrogens (tertiary/aromatic N) is 2. The van der Waals surface area contributed by atoms with Crippen molar-refractivity contribution < 1.29 is 22.2 Å². The lowest BCUT2D eigenvalue weighted by Gasteiger charge is -1.99. The summed E-state index contributed by atoms with van der Waals surface area (Å²) in [6.45, 7) is 3.05. The molecule has 0 spiro atoms. The van der Waals surface area contributed by atoms with Crippen LogP contribution in [0.2, 0.25) is 0 Å². The smallest absolute Gasteiger partial charge is 0.291 e. The zero-order valence-corrected chi connectivity index (χ0v) is 9.17. The number of hydrogen-bond donors (Lipinski definition) is 2. The van der Waals surface area contributed by atoms with E-state index in [1.807, 2.05) is 18.7 Å². The molecule has 0 atom stereocenters. The third kappa shape index (κ3) is 7.59. The minimum absolute atomic E-state index is 0. The lowest BCUT2D eigenvalue weighted by Crippen LogP contribution is -3.00.